The zero-order chi connectivity index (χ0) is 12.8. The molecule has 4 nitrogen and oxygen atoms in total. The van der Waals surface area contributed by atoms with Crippen LogP contribution in [0.1, 0.15) is 38.5 Å². The molecule has 0 spiro atoms. The minimum absolute atomic E-state index is 0.474. The molecule has 2 fully saturated rings. The summed E-state index contributed by atoms with van der Waals surface area (Å²) in [6.45, 7) is 3.33. The maximum absolute atomic E-state index is 11.5. The number of fused-ring (bicyclic) bond motifs is 2. The molecule has 2 bridgehead atoms. The summed E-state index contributed by atoms with van der Waals surface area (Å²) in [7, 11) is 1.69. The van der Waals surface area contributed by atoms with E-state index in [-0.39, 0.29) is 0 Å². The molecule has 2 rings (SSSR count). The number of nitrogens with zero attached hydrogens (tertiary/aromatic N) is 1. The molecule has 0 amide bonds. The number of hydrogen-bond acceptors (Lipinski definition) is 4. The molecular formula is C14H25NO3. The van der Waals surface area contributed by atoms with Gasteiger partial charge in [0, 0.05) is 38.6 Å². The van der Waals surface area contributed by atoms with Gasteiger partial charge >= 0.3 is 0 Å². The fraction of sp³-hybridized carbons (Fsp3) is 0.929. The van der Waals surface area contributed by atoms with Crippen LogP contribution in [0.5, 0.6) is 0 Å². The summed E-state index contributed by atoms with van der Waals surface area (Å²) in [6.07, 6.45) is 6.31. The van der Waals surface area contributed by atoms with Gasteiger partial charge < -0.3 is 9.47 Å². The van der Waals surface area contributed by atoms with Crippen LogP contribution in [0.4, 0.5) is 0 Å². The SMILES string of the molecule is COCCOCCCCN1C2CCC1CC(=O)C2. The first-order valence-electron chi connectivity index (χ1n) is 7.15. The first kappa shape index (κ1) is 14.0. The third-order valence-electron chi connectivity index (χ3n) is 4.08. The van der Waals surface area contributed by atoms with Gasteiger partial charge in [0.1, 0.15) is 5.78 Å². The summed E-state index contributed by atoms with van der Waals surface area (Å²) in [5.74, 6) is 0.474. The van der Waals surface area contributed by atoms with Crippen molar-refractivity contribution in [3.05, 3.63) is 0 Å². The van der Waals surface area contributed by atoms with Crippen LogP contribution in [0.25, 0.3) is 0 Å². The summed E-state index contributed by atoms with van der Waals surface area (Å²) in [4.78, 5) is 14.1. The Hall–Kier alpha value is -0.450. The Labute approximate surface area is 110 Å². The molecule has 0 aromatic rings. The molecule has 2 heterocycles. The van der Waals surface area contributed by atoms with Crippen molar-refractivity contribution in [2.24, 2.45) is 0 Å². The van der Waals surface area contributed by atoms with Crippen LogP contribution < -0.4 is 0 Å². The predicted octanol–water partition coefficient (Wildman–Crippen LogP) is 1.63. The van der Waals surface area contributed by atoms with Gasteiger partial charge in [0.2, 0.25) is 0 Å². The van der Waals surface area contributed by atoms with Gasteiger partial charge in [-0.1, -0.05) is 0 Å². The Balaban J connectivity index is 1.56. The van der Waals surface area contributed by atoms with E-state index >= 15 is 0 Å². The highest BCUT2D eigenvalue weighted by Gasteiger charge is 2.39. The Kier molecular flexibility index (Phi) is 5.60. The van der Waals surface area contributed by atoms with E-state index in [9.17, 15) is 4.79 Å². The molecule has 2 unspecified atom stereocenters. The molecule has 18 heavy (non-hydrogen) atoms. The third kappa shape index (κ3) is 3.77. The molecule has 0 radical (unpaired) electrons. The van der Waals surface area contributed by atoms with Crippen LogP contribution in [0.3, 0.4) is 0 Å². The summed E-state index contributed by atoms with van der Waals surface area (Å²) in [5, 5.41) is 0. The Bertz CT molecular complexity index is 254. The highest BCUT2D eigenvalue weighted by Crippen LogP contribution is 2.33. The topological polar surface area (TPSA) is 38.8 Å². The second-order valence-electron chi connectivity index (χ2n) is 5.38. The molecule has 104 valence electrons. The number of unbranched alkanes of at least 4 members (excludes halogenated alkanes) is 1. The van der Waals surface area contributed by atoms with Gasteiger partial charge in [-0.25, -0.2) is 0 Å². The van der Waals surface area contributed by atoms with Crippen molar-refractivity contribution in [3.63, 3.8) is 0 Å². The number of Topliss-reactive ketones (excluding diaryl/α,β-unsaturated/α-hetero) is 1. The van der Waals surface area contributed by atoms with Crippen LogP contribution in [0, 0.1) is 0 Å². The summed E-state index contributed by atoms with van der Waals surface area (Å²) in [6, 6.07) is 1.09. The minimum atomic E-state index is 0.474. The fourth-order valence-electron chi connectivity index (χ4n) is 3.17. The zero-order valence-corrected chi connectivity index (χ0v) is 11.4. The molecule has 0 aromatic heterocycles. The second-order valence-corrected chi connectivity index (χ2v) is 5.38. The van der Waals surface area contributed by atoms with Gasteiger partial charge in [-0.15, -0.1) is 0 Å². The number of methoxy groups -OCH3 is 1. The van der Waals surface area contributed by atoms with Crippen molar-refractivity contribution in [1.82, 2.24) is 4.90 Å². The lowest BCUT2D eigenvalue weighted by molar-refractivity contribution is -0.123. The maximum atomic E-state index is 11.5. The number of carbonyl (C=O) groups is 1. The quantitative estimate of drug-likeness (QED) is 0.618. The highest BCUT2D eigenvalue weighted by atomic mass is 16.5. The highest BCUT2D eigenvalue weighted by molar-refractivity contribution is 5.80. The van der Waals surface area contributed by atoms with E-state index in [0.717, 1.165) is 32.4 Å². The van der Waals surface area contributed by atoms with Gasteiger partial charge in [0.15, 0.2) is 0 Å². The lowest BCUT2D eigenvalue weighted by Gasteiger charge is -2.33. The van der Waals surface area contributed by atoms with Crippen molar-refractivity contribution in [2.75, 3.05) is 33.5 Å². The lowest BCUT2D eigenvalue weighted by atomic mass is 10.0. The van der Waals surface area contributed by atoms with Crippen molar-refractivity contribution in [3.8, 4) is 0 Å². The lowest BCUT2D eigenvalue weighted by Crippen LogP contribution is -2.43. The van der Waals surface area contributed by atoms with E-state index in [0.29, 0.717) is 31.1 Å². The fourth-order valence-corrected chi connectivity index (χ4v) is 3.17. The van der Waals surface area contributed by atoms with Crippen molar-refractivity contribution in [1.29, 1.82) is 0 Å². The van der Waals surface area contributed by atoms with E-state index in [4.69, 9.17) is 9.47 Å². The number of piperidine rings is 1. The van der Waals surface area contributed by atoms with Crippen molar-refractivity contribution >= 4 is 5.78 Å². The minimum Gasteiger partial charge on any atom is -0.382 e. The second kappa shape index (κ2) is 7.22. The van der Waals surface area contributed by atoms with E-state index in [1.807, 2.05) is 0 Å². The van der Waals surface area contributed by atoms with Gasteiger partial charge in [-0.3, -0.25) is 9.69 Å². The average Bonchev–Trinajstić information content (AvgIpc) is 2.59. The Morgan fingerprint density at radius 2 is 1.83 bits per heavy atom. The van der Waals surface area contributed by atoms with E-state index < -0.39 is 0 Å². The van der Waals surface area contributed by atoms with Crippen LogP contribution in [0.15, 0.2) is 0 Å². The normalized spacial score (nSPS) is 27.9. The summed E-state index contributed by atoms with van der Waals surface area (Å²) >= 11 is 0. The predicted molar refractivity (Wildman–Crippen MR) is 69.7 cm³/mol. The van der Waals surface area contributed by atoms with Gasteiger partial charge in [-0.05, 0) is 32.2 Å². The van der Waals surface area contributed by atoms with Crippen LogP contribution in [-0.2, 0) is 14.3 Å². The number of ether oxygens (including phenoxy) is 2. The smallest absolute Gasteiger partial charge is 0.136 e. The standard InChI is InChI=1S/C14H25NO3/c1-17-8-9-18-7-3-2-6-15-12-4-5-13(15)11-14(16)10-12/h12-13H,2-11H2,1H3. The molecule has 2 aliphatic rings. The van der Waals surface area contributed by atoms with E-state index in [1.54, 1.807) is 7.11 Å². The molecule has 0 saturated carbocycles. The van der Waals surface area contributed by atoms with Crippen LogP contribution in [-0.4, -0.2) is 56.2 Å². The first-order valence-corrected chi connectivity index (χ1v) is 7.15. The number of carbonyl (C=O) groups excluding carboxylic acids is 1. The average molecular weight is 255 g/mol. The van der Waals surface area contributed by atoms with Crippen molar-refractivity contribution in [2.45, 2.75) is 50.6 Å². The van der Waals surface area contributed by atoms with Crippen LogP contribution >= 0.6 is 0 Å². The first-order chi connectivity index (χ1) is 8.81. The molecular weight excluding hydrogens is 230 g/mol. The summed E-state index contributed by atoms with van der Waals surface area (Å²) in [5.41, 5.74) is 0. The molecule has 0 aromatic carbocycles. The number of ketones is 1. The molecule has 2 saturated heterocycles. The largest absolute Gasteiger partial charge is 0.382 e. The number of hydrogen-bond donors (Lipinski definition) is 0. The molecule has 4 heteroatoms. The van der Waals surface area contributed by atoms with E-state index in [2.05, 4.69) is 4.90 Å². The maximum Gasteiger partial charge on any atom is 0.136 e. The Morgan fingerprint density at radius 1 is 1.11 bits per heavy atom. The monoisotopic (exact) mass is 255 g/mol. The molecule has 0 N–H and O–H groups in total. The summed E-state index contributed by atoms with van der Waals surface area (Å²) < 4.78 is 10.4. The van der Waals surface area contributed by atoms with Gasteiger partial charge in [0.25, 0.3) is 0 Å². The van der Waals surface area contributed by atoms with Gasteiger partial charge in [-0.2, -0.15) is 0 Å². The van der Waals surface area contributed by atoms with Crippen molar-refractivity contribution < 1.29 is 14.3 Å². The molecule has 0 aliphatic carbocycles. The third-order valence-corrected chi connectivity index (χ3v) is 4.08. The Morgan fingerprint density at radius 3 is 2.50 bits per heavy atom. The van der Waals surface area contributed by atoms with Crippen LogP contribution in [0.2, 0.25) is 0 Å². The van der Waals surface area contributed by atoms with E-state index in [1.165, 1.54) is 19.3 Å². The van der Waals surface area contributed by atoms with Gasteiger partial charge in [0.05, 0.1) is 13.2 Å². The molecule has 2 aliphatic heterocycles. The molecule has 2 atom stereocenters. The zero-order valence-electron chi connectivity index (χ0n) is 11.4. The number of rotatable bonds is 8.